The Morgan fingerprint density at radius 3 is 2.55 bits per heavy atom. The fraction of sp³-hybridized carbons (Fsp3) is 0.229. The number of nitrogens with one attached hydrogen (secondary N) is 2. The van der Waals surface area contributed by atoms with E-state index in [1.165, 1.54) is 16.3 Å². The van der Waals surface area contributed by atoms with Gasteiger partial charge in [0.1, 0.15) is 0 Å². The van der Waals surface area contributed by atoms with Crippen LogP contribution in [0.2, 0.25) is 0 Å². The number of nitrogens with zero attached hydrogens (tertiary/aromatic N) is 3. The van der Waals surface area contributed by atoms with Crippen LogP contribution in [0.4, 0.5) is 5.69 Å². The summed E-state index contributed by atoms with van der Waals surface area (Å²) in [4.78, 5) is 20.0. The van der Waals surface area contributed by atoms with E-state index in [1.807, 2.05) is 50.4 Å². The highest BCUT2D eigenvalue weighted by atomic mass is 32.1. The van der Waals surface area contributed by atoms with Crippen LogP contribution in [0.1, 0.15) is 52.3 Å². The number of aromatic nitrogens is 2. The highest BCUT2D eigenvalue weighted by molar-refractivity contribution is 7.80. The summed E-state index contributed by atoms with van der Waals surface area (Å²) in [6.07, 6.45) is 2.12. The molecule has 42 heavy (non-hydrogen) atoms. The predicted molar refractivity (Wildman–Crippen MR) is 174 cm³/mol. The molecular weight excluding hydrogens is 538 g/mol. The summed E-state index contributed by atoms with van der Waals surface area (Å²) in [5, 5.41) is 9.68. The van der Waals surface area contributed by atoms with Gasteiger partial charge in [0.15, 0.2) is 5.11 Å². The van der Waals surface area contributed by atoms with E-state index in [9.17, 15) is 4.79 Å². The third kappa shape index (κ3) is 5.16. The first-order chi connectivity index (χ1) is 20.3. The highest BCUT2D eigenvalue weighted by Crippen LogP contribution is 2.42. The molecule has 2 atom stereocenters. The minimum atomic E-state index is -0.151. The molecule has 1 aliphatic rings. The van der Waals surface area contributed by atoms with Gasteiger partial charge >= 0.3 is 0 Å². The Balaban J connectivity index is 1.36. The molecular formula is C35H35N5OS. The van der Waals surface area contributed by atoms with Crippen molar-refractivity contribution in [3.05, 3.63) is 125 Å². The SMILES string of the molecule is Cc1ccc(C)c(NC(=O)CCN2C(=S)N[C@@H](c3ccccn3)[C@H]2c2cc(C)n(-c3cccc4ccccc34)c2C)c1. The molecule has 0 bridgehead atoms. The molecule has 1 fully saturated rings. The van der Waals surface area contributed by atoms with E-state index in [4.69, 9.17) is 17.2 Å². The molecule has 1 aliphatic heterocycles. The fourth-order valence-corrected chi connectivity index (χ4v) is 6.48. The number of rotatable bonds is 7. The maximum atomic E-state index is 13.2. The molecule has 6 rings (SSSR count). The molecule has 1 amide bonds. The molecule has 3 aromatic carbocycles. The van der Waals surface area contributed by atoms with Crippen molar-refractivity contribution in [1.29, 1.82) is 0 Å². The summed E-state index contributed by atoms with van der Waals surface area (Å²) in [5.41, 5.74) is 8.53. The van der Waals surface area contributed by atoms with E-state index in [2.05, 4.69) is 88.5 Å². The topological polar surface area (TPSA) is 62.2 Å². The molecule has 1 saturated heterocycles. The lowest BCUT2D eigenvalue weighted by molar-refractivity contribution is -0.116. The first-order valence-electron chi connectivity index (χ1n) is 14.3. The van der Waals surface area contributed by atoms with Gasteiger partial charge in [-0.3, -0.25) is 9.78 Å². The Hall–Kier alpha value is -4.49. The molecule has 0 unspecified atom stereocenters. The van der Waals surface area contributed by atoms with Crippen molar-refractivity contribution in [2.75, 3.05) is 11.9 Å². The summed E-state index contributed by atoms with van der Waals surface area (Å²) in [7, 11) is 0. The number of amides is 1. The Bertz CT molecular complexity index is 1790. The maximum Gasteiger partial charge on any atom is 0.226 e. The number of pyridine rings is 1. The summed E-state index contributed by atoms with van der Waals surface area (Å²) < 4.78 is 2.33. The monoisotopic (exact) mass is 573 g/mol. The smallest absolute Gasteiger partial charge is 0.226 e. The van der Waals surface area contributed by atoms with Crippen molar-refractivity contribution in [1.82, 2.24) is 19.8 Å². The van der Waals surface area contributed by atoms with Crippen molar-refractivity contribution >= 4 is 39.7 Å². The second-order valence-electron chi connectivity index (χ2n) is 11.1. The van der Waals surface area contributed by atoms with Crippen LogP contribution < -0.4 is 10.6 Å². The Morgan fingerprint density at radius 2 is 1.74 bits per heavy atom. The Kier molecular flexibility index (Phi) is 7.52. The molecule has 6 nitrogen and oxygen atoms in total. The lowest BCUT2D eigenvalue weighted by atomic mass is 9.96. The summed E-state index contributed by atoms with van der Waals surface area (Å²) in [6.45, 7) is 8.84. The fourth-order valence-electron chi connectivity index (χ4n) is 6.15. The molecule has 2 aromatic heterocycles. The lowest BCUT2D eigenvalue weighted by Gasteiger charge is -2.28. The van der Waals surface area contributed by atoms with Crippen molar-refractivity contribution in [3.63, 3.8) is 0 Å². The first-order valence-corrected chi connectivity index (χ1v) is 14.7. The second kappa shape index (κ2) is 11.4. The van der Waals surface area contributed by atoms with Crippen LogP contribution in [0.15, 0.2) is 91.1 Å². The lowest BCUT2D eigenvalue weighted by Crippen LogP contribution is -2.33. The minimum absolute atomic E-state index is 0.0345. The van der Waals surface area contributed by atoms with Gasteiger partial charge in [-0.05, 0) is 92.3 Å². The second-order valence-corrected chi connectivity index (χ2v) is 11.5. The van der Waals surface area contributed by atoms with E-state index in [0.29, 0.717) is 18.1 Å². The zero-order valence-electron chi connectivity index (χ0n) is 24.4. The van der Waals surface area contributed by atoms with E-state index in [0.717, 1.165) is 39.6 Å². The van der Waals surface area contributed by atoms with E-state index in [-0.39, 0.29) is 18.0 Å². The molecule has 0 saturated carbocycles. The highest BCUT2D eigenvalue weighted by Gasteiger charge is 2.41. The van der Waals surface area contributed by atoms with E-state index >= 15 is 0 Å². The number of carbonyl (C=O) groups excluding carboxylic acids is 1. The van der Waals surface area contributed by atoms with Gasteiger partial charge in [-0.15, -0.1) is 0 Å². The quantitative estimate of drug-likeness (QED) is 0.201. The number of fused-ring (bicyclic) bond motifs is 1. The van der Waals surface area contributed by atoms with Crippen molar-refractivity contribution in [2.24, 2.45) is 0 Å². The molecule has 5 aromatic rings. The first kappa shape index (κ1) is 27.7. The minimum Gasteiger partial charge on any atom is -0.352 e. The Labute approximate surface area is 252 Å². The average Bonchev–Trinajstić information content (AvgIpc) is 3.48. The molecule has 2 N–H and O–H groups in total. The standard InChI is InChI=1S/C35H35N5OS/c1-22-15-16-23(2)30(20-22)37-32(41)17-19-39-34(33(38-35(39)42)29-13-7-8-18-36-29)28-21-24(3)40(25(28)4)31-14-9-11-26-10-5-6-12-27(26)31/h5-16,18,20-21,33-34H,17,19H2,1-4H3,(H,37,41)(H,38,42)/t33-,34+/m0/s1. The van der Waals surface area contributed by atoms with Crippen molar-refractivity contribution < 1.29 is 4.79 Å². The van der Waals surface area contributed by atoms with Gasteiger partial charge in [0, 0.05) is 41.6 Å². The van der Waals surface area contributed by atoms with Crippen LogP contribution in [0, 0.1) is 27.7 Å². The zero-order valence-corrected chi connectivity index (χ0v) is 25.2. The van der Waals surface area contributed by atoms with Crippen LogP contribution in [0.3, 0.4) is 0 Å². The number of benzene rings is 3. The Morgan fingerprint density at radius 1 is 0.952 bits per heavy atom. The number of carbonyl (C=O) groups is 1. The number of anilines is 1. The zero-order chi connectivity index (χ0) is 29.4. The molecule has 0 radical (unpaired) electrons. The molecule has 212 valence electrons. The van der Waals surface area contributed by atoms with Gasteiger partial charge in [0.25, 0.3) is 0 Å². The summed E-state index contributed by atoms with van der Waals surface area (Å²) >= 11 is 5.90. The normalized spacial score (nSPS) is 16.6. The molecule has 0 spiro atoms. The van der Waals surface area contributed by atoms with Crippen LogP contribution in [0.5, 0.6) is 0 Å². The van der Waals surface area contributed by atoms with Gasteiger partial charge in [-0.1, -0.05) is 54.6 Å². The summed E-state index contributed by atoms with van der Waals surface area (Å²) in [5.74, 6) is -0.0345. The van der Waals surface area contributed by atoms with Gasteiger partial charge < -0.3 is 20.1 Å². The van der Waals surface area contributed by atoms with Gasteiger partial charge in [0.05, 0.1) is 23.5 Å². The van der Waals surface area contributed by atoms with Gasteiger partial charge in [-0.2, -0.15) is 0 Å². The molecule has 3 heterocycles. The number of hydrogen-bond acceptors (Lipinski definition) is 3. The molecule has 0 aliphatic carbocycles. The predicted octanol–water partition coefficient (Wildman–Crippen LogP) is 7.26. The van der Waals surface area contributed by atoms with Crippen molar-refractivity contribution in [3.8, 4) is 5.69 Å². The van der Waals surface area contributed by atoms with Crippen LogP contribution in [-0.2, 0) is 4.79 Å². The van der Waals surface area contributed by atoms with E-state index < -0.39 is 0 Å². The number of aryl methyl sites for hydroxylation is 3. The third-order valence-electron chi connectivity index (χ3n) is 8.24. The number of thiocarbonyl (C=S) groups is 1. The summed E-state index contributed by atoms with van der Waals surface area (Å²) in [6, 6.07) is 29.0. The van der Waals surface area contributed by atoms with Crippen LogP contribution in [0.25, 0.3) is 16.5 Å². The van der Waals surface area contributed by atoms with Gasteiger partial charge in [0.2, 0.25) is 5.91 Å². The number of hydrogen-bond donors (Lipinski definition) is 2. The molecule has 7 heteroatoms. The third-order valence-corrected chi connectivity index (χ3v) is 8.59. The van der Waals surface area contributed by atoms with Crippen molar-refractivity contribution in [2.45, 2.75) is 46.2 Å². The van der Waals surface area contributed by atoms with Crippen LogP contribution >= 0.6 is 12.2 Å². The average molecular weight is 574 g/mol. The van der Waals surface area contributed by atoms with Gasteiger partial charge in [-0.25, -0.2) is 0 Å². The largest absolute Gasteiger partial charge is 0.352 e. The van der Waals surface area contributed by atoms with E-state index in [1.54, 1.807) is 0 Å². The maximum absolute atomic E-state index is 13.2. The van der Waals surface area contributed by atoms with Crippen LogP contribution in [-0.4, -0.2) is 32.0 Å².